The van der Waals surface area contributed by atoms with Crippen LogP contribution in [0.2, 0.25) is 0 Å². The molecule has 2 aromatic rings. The van der Waals surface area contributed by atoms with Gasteiger partial charge in [0.05, 0.1) is 12.3 Å². The molecule has 0 saturated carbocycles. The lowest BCUT2D eigenvalue weighted by atomic mass is 10.0. The van der Waals surface area contributed by atoms with Gasteiger partial charge in [0.15, 0.2) is 6.61 Å². The van der Waals surface area contributed by atoms with Crippen LogP contribution in [0.25, 0.3) is 0 Å². The smallest absolute Gasteiger partial charge is 0.344 e. The van der Waals surface area contributed by atoms with Gasteiger partial charge in [-0.25, -0.2) is 9.48 Å². The number of hydrogen-bond acceptors (Lipinski definition) is 5. The van der Waals surface area contributed by atoms with Crippen LogP contribution in [0.5, 0.6) is 5.88 Å². The molecule has 0 bridgehead atoms. The molecular formula is C18H25N3O3. The Kier molecular flexibility index (Phi) is 6.23. The van der Waals surface area contributed by atoms with Crippen molar-refractivity contribution in [2.45, 2.75) is 33.1 Å². The van der Waals surface area contributed by atoms with Crippen molar-refractivity contribution in [2.75, 3.05) is 18.9 Å². The van der Waals surface area contributed by atoms with E-state index in [1.807, 2.05) is 31.3 Å². The van der Waals surface area contributed by atoms with Crippen molar-refractivity contribution in [3.05, 3.63) is 41.1 Å². The number of aromatic nitrogens is 2. The number of nitrogen functional groups attached to an aromatic ring is 1. The summed E-state index contributed by atoms with van der Waals surface area (Å²) in [5, 5.41) is 4.55. The number of anilines is 1. The SMILES string of the molecule is CCCc1nn(C)c(OCC(=O)OCC)c1Cc1ccc(N)cc1. The molecule has 6 nitrogen and oxygen atoms in total. The number of hydrogen-bond donors (Lipinski definition) is 1. The highest BCUT2D eigenvalue weighted by Gasteiger charge is 2.18. The third-order valence-corrected chi connectivity index (χ3v) is 3.65. The lowest BCUT2D eigenvalue weighted by Crippen LogP contribution is -2.16. The first-order valence-corrected chi connectivity index (χ1v) is 8.22. The number of ether oxygens (including phenoxy) is 2. The van der Waals surface area contributed by atoms with Gasteiger partial charge in [-0.05, 0) is 31.0 Å². The van der Waals surface area contributed by atoms with Crippen molar-refractivity contribution in [3.63, 3.8) is 0 Å². The molecule has 0 aliphatic heterocycles. The van der Waals surface area contributed by atoms with E-state index in [0.717, 1.165) is 35.3 Å². The van der Waals surface area contributed by atoms with Crippen LogP contribution in [0.3, 0.4) is 0 Å². The van der Waals surface area contributed by atoms with E-state index in [9.17, 15) is 4.79 Å². The molecular weight excluding hydrogens is 306 g/mol. The summed E-state index contributed by atoms with van der Waals surface area (Å²) in [6, 6.07) is 7.75. The van der Waals surface area contributed by atoms with Crippen LogP contribution in [0, 0.1) is 0 Å². The summed E-state index contributed by atoms with van der Waals surface area (Å²) in [6.07, 6.45) is 2.53. The van der Waals surface area contributed by atoms with Crippen molar-refractivity contribution < 1.29 is 14.3 Å². The number of aryl methyl sites for hydroxylation is 2. The van der Waals surface area contributed by atoms with Crippen LogP contribution >= 0.6 is 0 Å². The zero-order valence-corrected chi connectivity index (χ0v) is 14.5. The van der Waals surface area contributed by atoms with Crippen LogP contribution < -0.4 is 10.5 Å². The molecule has 2 N–H and O–H groups in total. The van der Waals surface area contributed by atoms with E-state index in [-0.39, 0.29) is 12.6 Å². The summed E-state index contributed by atoms with van der Waals surface area (Å²) in [5.41, 5.74) is 9.61. The van der Waals surface area contributed by atoms with E-state index in [0.29, 0.717) is 18.9 Å². The average Bonchev–Trinajstić information content (AvgIpc) is 2.83. The Bertz CT molecular complexity index is 678. The second kappa shape index (κ2) is 8.38. The average molecular weight is 331 g/mol. The van der Waals surface area contributed by atoms with Gasteiger partial charge in [-0.2, -0.15) is 5.10 Å². The predicted octanol–water partition coefficient (Wildman–Crippen LogP) is 2.49. The molecule has 0 radical (unpaired) electrons. The highest BCUT2D eigenvalue weighted by Crippen LogP contribution is 2.26. The summed E-state index contributed by atoms with van der Waals surface area (Å²) in [7, 11) is 1.83. The largest absolute Gasteiger partial charge is 0.466 e. The van der Waals surface area contributed by atoms with E-state index in [4.69, 9.17) is 15.2 Å². The Balaban J connectivity index is 2.24. The number of carbonyl (C=O) groups excluding carboxylic acids is 1. The molecule has 2 rings (SSSR count). The Labute approximate surface area is 142 Å². The van der Waals surface area contributed by atoms with Gasteiger partial charge >= 0.3 is 5.97 Å². The summed E-state index contributed by atoms with van der Waals surface area (Å²) in [6.45, 7) is 4.11. The van der Waals surface area contributed by atoms with Crippen LogP contribution in [-0.2, 0) is 29.4 Å². The molecule has 6 heteroatoms. The standard InChI is InChI=1S/C18H25N3O3/c1-4-6-16-15(11-13-7-9-14(19)10-8-13)18(21(3)20-16)24-12-17(22)23-5-2/h7-10H,4-6,11-12,19H2,1-3H3. The highest BCUT2D eigenvalue weighted by atomic mass is 16.6. The molecule has 0 atom stereocenters. The van der Waals surface area contributed by atoms with Crippen LogP contribution in [0.4, 0.5) is 5.69 Å². The predicted molar refractivity (Wildman–Crippen MR) is 93.0 cm³/mol. The molecule has 24 heavy (non-hydrogen) atoms. The van der Waals surface area contributed by atoms with Gasteiger partial charge in [0.25, 0.3) is 0 Å². The maximum absolute atomic E-state index is 11.6. The van der Waals surface area contributed by atoms with Gasteiger partial charge in [0.1, 0.15) is 0 Å². The van der Waals surface area contributed by atoms with Gasteiger partial charge in [-0.1, -0.05) is 25.5 Å². The summed E-state index contributed by atoms with van der Waals surface area (Å²) in [5.74, 6) is 0.234. The number of esters is 1. The molecule has 0 aliphatic carbocycles. The van der Waals surface area contributed by atoms with E-state index < -0.39 is 0 Å². The quantitative estimate of drug-likeness (QED) is 0.594. The second-order valence-electron chi connectivity index (χ2n) is 5.62. The molecule has 1 heterocycles. The second-order valence-corrected chi connectivity index (χ2v) is 5.62. The number of rotatable bonds is 8. The van der Waals surface area contributed by atoms with Gasteiger partial charge in [-0.3, -0.25) is 0 Å². The van der Waals surface area contributed by atoms with E-state index in [2.05, 4.69) is 12.0 Å². The van der Waals surface area contributed by atoms with Crippen LogP contribution in [0.15, 0.2) is 24.3 Å². The summed E-state index contributed by atoms with van der Waals surface area (Å²) >= 11 is 0. The highest BCUT2D eigenvalue weighted by molar-refractivity contribution is 5.71. The molecule has 0 unspecified atom stereocenters. The fraction of sp³-hybridized carbons (Fsp3) is 0.444. The normalized spacial score (nSPS) is 10.6. The van der Waals surface area contributed by atoms with Gasteiger partial charge in [0.2, 0.25) is 5.88 Å². The maximum atomic E-state index is 11.6. The third kappa shape index (κ3) is 4.50. The molecule has 0 fully saturated rings. The Morgan fingerprint density at radius 3 is 2.58 bits per heavy atom. The van der Waals surface area contributed by atoms with Crippen molar-refractivity contribution in [2.24, 2.45) is 7.05 Å². The minimum atomic E-state index is -0.380. The van der Waals surface area contributed by atoms with Crippen molar-refractivity contribution in [1.29, 1.82) is 0 Å². The monoisotopic (exact) mass is 331 g/mol. The summed E-state index contributed by atoms with van der Waals surface area (Å²) < 4.78 is 12.3. The van der Waals surface area contributed by atoms with Crippen molar-refractivity contribution in [1.82, 2.24) is 9.78 Å². The Morgan fingerprint density at radius 1 is 1.25 bits per heavy atom. The number of nitrogens with zero attached hydrogens (tertiary/aromatic N) is 2. The minimum absolute atomic E-state index is 0.117. The number of benzene rings is 1. The van der Waals surface area contributed by atoms with E-state index in [1.54, 1.807) is 11.6 Å². The van der Waals surface area contributed by atoms with Crippen LogP contribution in [-0.4, -0.2) is 29.0 Å². The Morgan fingerprint density at radius 2 is 1.96 bits per heavy atom. The topological polar surface area (TPSA) is 79.4 Å². The molecule has 1 aromatic carbocycles. The third-order valence-electron chi connectivity index (χ3n) is 3.65. The van der Waals surface area contributed by atoms with Gasteiger partial charge < -0.3 is 15.2 Å². The lowest BCUT2D eigenvalue weighted by Gasteiger charge is -2.09. The minimum Gasteiger partial charge on any atom is -0.466 e. The number of nitrogens with two attached hydrogens (primary N) is 1. The fourth-order valence-corrected chi connectivity index (χ4v) is 2.57. The van der Waals surface area contributed by atoms with Gasteiger partial charge in [0, 0.05) is 24.7 Å². The molecule has 130 valence electrons. The van der Waals surface area contributed by atoms with Gasteiger partial charge in [-0.15, -0.1) is 0 Å². The molecule has 0 spiro atoms. The molecule has 0 saturated heterocycles. The zero-order chi connectivity index (χ0) is 17.5. The summed E-state index contributed by atoms with van der Waals surface area (Å²) in [4.78, 5) is 11.6. The number of carbonyl (C=O) groups is 1. The molecule has 0 amide bonds. The van der Waals surface area contributed by atoms with E-state index in [1.165, 1.54) is 0 Å². The van der Waals surface area contributed by atoms with E-state index >= 15 is 0 Å². The molecule has 1 aromatic heterocycles. The van der Waals surface area contributed by atoms with Crippen molar-refractivity contribution in [3.8, 4) is 5.88 Å². The van der Waals surface area contributed by atoms with Crippen LogP contribution in [0.1, 0.15) is 37.1 Å². The first-order chi connectivity index (χ1) is 11.5. The zero-order valence-electron chi connectivity index (χ0n) is 14.5. The van der Waals surface area contributed by atoms with Crippen molar-refractivity contribution >= 4 is 11.7 Å². The Hall–Kier alpha value is -2.50. The first-order valence-electron chi connectivity index (χ1n) is 8.22. The lowest BCUT2D eigenvalue weighted by molar-refractivity contribution is -0.145. The fourth-order valence-electron chi connectivity index (χ4n) is 2.57. The molecule has 0 aliphatic rings. The first kappa shape index (κ1) is 17.8. The maximum Gasteiger partial charge on any atom is 0.344 e.